The molecule has 6 nitrogen and oxygen atoms in total. The normalized spacial score (nSPS) is 11.2. The van der Waals surface area contributed by atoms with E-state index in [4.69, 9.17) is 9.47 Å². The molecule has 0 spiro atoms. The summed E-state index contributed by atoms with van der Waals surface area (Å²) in [5.41, 5.74) is 3.45. The van der Waals surface area contributed by atoms with Crippen LogP contribution in [0.3, 0.4) is 0 Å². The van der Waals surface area contributed by atoms with Crippen LogP contribution in [0.2, 0.25) is 0 Å². The van der Waals surface area contributed by atoms with Crippen LogP contribution in [0.25, 0.3) is 11.2 Å². The van der Waals surface area contributed by atoms with Crippen molar-refractivity contribution in [2.75, 3.05) is 18.5 Å². The van der Waals surface area contributed by atoms with E-state index in [1.165, 1.54) is 0 Å². The Morgan fingerprint density at radius 2 is 1.92 bits per heavy atom. The topological polar surface area (TPSA) is 69.2 Å². The van der Waals surface area contributed by atoms with Gasteiger partial charge in [-0.2, -0.15) is 0 Å². The molecule has 1 aromatic carbocycles. The minimum absolute atomic E-state index is 0.232. The fourth-order valence-corrected chi connectivity index (χ4v) is 2.34. The second-order valence-electron chi connectivity index (χ2n) is 5.89. The lowest BCUT2D eigenvalue weighted by atomic mass is 10.2. The summed E-state index contributed by atoms with van der Waals surface area (Å²) in [5.74, 6) is 0.733. The molecule has 0 fully saturated rings. The molecule has 2 aromatic heterocycles. The van der Waals surface area contributed by atoms with Gasteiger partial charge in [0.15, 0.2) is 5.65 Å². The lowest BCUT2D eigenvalue weighted by Crippen LogP contribution is -2.09. The van der Waals surface area contributed by atoms with Gasteiger partial charge in [0.1, 0.15) is 11.3 Å². The number of nitrogens with zero attached hydrogens (tertiary/aromatic N) is 3. The summed E-state index contributed by atoms with van der Waals surface area (Å²) in [7, 11) is 0. The summed E-state index contributed by atoms with van der Waals surface area (Å²) in [4.78, 5) is 12.9. The molecule has 0 bridgehead atoms. The van der Waals surface area contributed by atoms with E-state index in [-0.39, 0.29) is 6.10 Å². The number of rotatable bonds is 8. The van der Waals surface area contributed by atoms with E-state index in [9.17, 15) is 0 Å². The predicted molar refractivity (Wildman–Crippen MR) is 97.8 cm³/mol. The van der Waals surface area contributed by atoms with E-state index in [0.717, 1.165) is 22.6 Å². The average Bonchev–Trinajstić information content (AvgIpc) is 2.61. The van der Waals surface area contributed by atoms with Crippen molar-refractivity contribution in [3.05, 3.63) is 54.4 Å². The maximum Gasteiger partial charge on any atom is 0.180 e. The Labute approximate surface area is 147 Å². The Morgan fingerprint density at radius 3 is 2.80 bits per heavy atom. The van der Waals surface area contributed by atoms with Gasteiger partial charge in [0.2, 0.25) is 0 Å². The van der Waals surface area contributed by atoms with Crippen molar-refractivity contribution in [3.63, 3.8) is 0 Å². The van der Waals surface area contributed by atoms with Gasteiger partial charge in [-0.05, 0) is 43.7 Å². The molecule has 0 aliphatic carbocycles. The predicted octanol–water partition coefficient (Wildman–Crippen LogP) is 3.71. The molecule has 0 aliphatic rings. The highest BCUT2D eigenvalue weighted by Gasteiger charge is 2.02. The van der Waals surface area contributed by atoms with Crippen LogP contribution in [0, 0.1) is 0 Å². The van der Waals surface area contributed by atoms with Crippen LogP contribution in [0.4, 0.5) is 11.5 Å². The Balaban J connectivity index is 1.59. The Kier molecular flexibility index (Phi) is 5.87. The molecule has 2 heterocycles. The lowest BCUT2D eigenvalue weighted by molar-refractivity contribution is 0.0143. The monoisotopic (exact) mass is 338 g/mol. The molecule has 0 saturated heterocycles. The number of fused-ring (bicyclic) bond motifs is 1. The SMILES string of the molecule is CC(C)OCCOCc1cccc(Nc2ccc3nccnc3n2)c1. The van der Waals surface area contributed by atoms with Gasteiger partial charge in [0, 0.05) is 18.1 Å². The van der Waals surface area contributed by atoms with Gasteiger partial charge in [0.05, 0.1) is 25.9 Å². The molecular weight excluding hydrogens is 316 g/mol. The Bertz CT molecular complexity index is 823. The van der Waals surface area contributed by atoms with Gasteiger partial charge >= 0.3 is 0 Å². The Morgan fingerprint density at radius 1 is 1.04 bits per heavy atom. The van der Waals surface area contributed by atoms with Gasteiger partial charge in [-0.25, -0.2) is 9.97 Å². The van der Waals surface area contributed by atoms with E-state index in [2.05, 4.69) is 20.3 Å². The van der Waals surface area contributed by atoms with Crippen molar-refractivity contribution in [1.29, 1.82) is 0 Å². The number of hydrogen-bond acceptors (Lipinski definition) is 6. The highest BCUT2D eigenvalue weighted by atomic mass is 16.5. The van der Waals surface area contributed by atoms with Gasteiger partial charge < -0.3 is 14.8 Å². The van der Waals surface area contributed by atoms with Crippen LogP contribution in [-0.4, -0.2) is 34.3 Å². The average molecular weight is 338 g/mol. The molecule has 0 amide bonds. The van der Waals surface area contributed by atoms with Crippen molar-refractivity contribution >= 4 is 22.7 Å². The number of benzene rings is 1. The van der Waals surface area contributed by atoms with Crippen LogP contribution in [0.1, 0.15) is 19.4 Å². The molecule has 0 aliphatic heterocycles. The minimum Gasteiger partial charge on any atom is -0.376 e. The third-order valence-electron chi connectivity index (χ3n) is 3.48. The largest absolute Gasteiger partial charge is 0.376 e. The lowest BCUT2D eigenvalue weighted by Gasteiger charge is -2.10. The molecule has 6 heteroatoms. The highest BCUT2D eigenvalue weighted by molar-refractivity contribution is 5.72. The first kappa shape index (κ1) is 17.3. The fourth-order valence-electron chi connectivity index (χ4n) is 2.34. The molecule has 0 unspecified atom stereocenters. The molecule has 0 radical (unpaired) electrons. The molecule has 3 aromatic rings. The van der Waals surface area contributed by atoms with E-state index in [1.807, 2.05) is 50.2 Å². The van der Waals surface area contributed by atoms with Crippen molar-refractivity contribution in [2.24, 2.45) is 0 Å². The maximum atomic E-state index is 5.65. The van der Waals surface area contributed by atoms with Gasteiger partial charge in [-0.1, -0.05) is 12.1 Å². The number of pyridine rings is 1. The summed E-state index contributed by atoms with van der Waals surface area (Å²) >= 11 is 0. The number of ether oxygens (including phenoxy) is 2. The maximum absolute atomic E-state index is 5.65. The van der Waals surface area contributed by atoms with Crippen molar-refractivity contribution < 1.29 is 9.47 Å². The van der Waals surface area contributed by atoms with Gasteiger partial charge in [0.25, 0.3) is 0 Å². The smallest absolute Gasteiger partial charge is 0.180 e. The molecule has 25 heavy (non-hydrogen) atoms. The molecule has 3 rings (SSSR count). The summed E-state index contributed by atoms with van der Waals surface area (Å²) in [5, 5.41) is 3.29. The Hall–Kier alpha value is -2.57. The summed E-state index contributed by atoms with van der Waals surface area (Å²) in [6, 6.07) is 11.9. The van der Waals surface area contributed by atoms with Crippen LogP contribution in [0.5, 0.6) is 0 Å². The second-order valence-corrected chi connectivity index (χ2v) is 5.89. The van der Waals surface area contributed by atoms with Crippen molar-refractivity contribution in [3.8, 4) is 0 Å². The van der Waals surface area contributed by atoms with Crippen LogP contribution >= 0.6 is 0 Å². The first-order valence-electron chi connectivity index (χ1n) is 8.34. The standard InChI is InChI=1S/C19H22N4O2/c1-14(2)25-11-10-24-13-15-4-3-5-16(12-15)22-18-7-6-17-19(23-18)21-9-8-20-17/h3-9,12,14H,10-11,13H2,1-2H3,(H,21,22,23). The summed E-state index contributed by atoms with van der Waals surface area (Å²) in [6.45, 7) is 5.77. The third kappa shape index (κ3) is 5.20. The summed E-state index contributed by atoms with van der Waals surface area (Å²) in [6.07, 6.45) is 3.53. The zero-order valence-electron chi connectivity index (χ0n) is 14.5. The van der Waals surface area contributed by atoms with E-state index < -0.39 is 0 Å². The fraction of sp³-hybridized carbons (Fsp3) is 0.316. The zero-order valence-corrected chi connectivity index (χ0v) is 14.5. The molecule has 1 N–H and O–H groups in total. The van der Waals surface area contributed by atoms with Crippen molar-refractivity contribution in [1.82, 2.24) is 15.0 Å². The molecular formula is C19H22N4O2. The van der Waals surface area contributed by atoms with E-state index in [1.54, 1.807) is 12.4 Å². The number of aromatic nitrogens is 3. The van der Waals surface area contributed by atoms with Crippen LogP contribution < -0.4 is 5.32 Å². The van der Waals surface area contributed by atoms with Crippen LogP contribution in [-0.2, 0) is 16.1 Å². The van der Waals surface area contributed by atoms with Gasteiger partial charge in [-0.15, -0.1) is 0 Å². The van der Waals surface area contributed by atoms with Gasteiger partial charge in [-0.3, -0.25) is 4.98 Å². The van der Waals surface area contributed by atoms with E-state index >= 15 is 0 Å². The number of anilines is 2. The number of nitrogens with one attached hydrogen (secondary N) is 1. The third-order valence-corrected chi connectivity index (χ3v) is 3.48. The minimum atomic E-state index is 0.232. The highest BCUT2D eigenvalue weighted by Crippen LogP contribution is 2.18. The number of hydrogen-bond donors (Lipinski definition) is 1. The molecule has 0 saturated carbocycles. The zero-order chi connectivity index (χ0) is 17.5. The first-order valence-corrected chi connectivity index (χ1v) is 8.34. The molecule has 130 valence electrons. The quantitative estimate of drug-likeness (QED) is 0.632. The van der Waals surface area contributed by atoms with E-state index in [0.29, 0.717) is 25.5 Å². The first-order chi connectivity index (χ1) is 12.2. The molecule has 0 atom stereocenters. The summed E-state index contributed by atoms with van der Waals surface area (Å²) < 4.78 is 11.1. The van der Waals surface area contributed by atoms with Crippen LogP contribution in [0.15, 0.2) is 48.8 Å². The van der Waals surface area contributed by atoms with Crippen molar-refractivity contribution in [2.45, 2.75) is 26.6 Å². The second kappa shape index (κ2) is 8.50.